The van der Waals surface area contributed by atoms with Crippen molar-refractivity contribution in [2.24, 2.45) is 5.92 Å². The molecule has 1 amide bonds. The summed E-state index contributed by atoms with van der Waals surface area (Å²) in [6, 6.07) is 10.4. The van der Waals surface area contributed by atoms with Crippen LogP contribution >= 0.6 is 0 Å². The third kappa shape index (κ3) is 5.84. The molecule has 1 aliphatic rings. The number of amides is 1. The Morgan fingerprint density at radius 3 is 2.35 bits per heavy atom. The van der Waals surface area contributed by atoms with Crippen molar-refractivity contribution in [3.63, 3.8) is 0 Å². The molecule has 138 valence electrons. The van der Waals surface area contributed by atoms with E-state index in [4.69, 9.17) is 5.26 Å². The molecule has 1 aliphatic heterocycles. The number of nitrogens with zero attached hydrogens (tertiary/aromatic N) is 4. The molecule has 0 aliphatic carbocycles. The molecule has 1 heterocycles. The molecule has 0 unspecified atom stereocenters. The molecule has 1 aromatic rings. The molecular formula is C20H27N5O. The van der Waals surface area contributed by atoms with Crippen molar-refractivity contribution < 1.29 is 4.79 Å². The number of anilines is 1. The van der Waals surface area contributed by atoms with Crippen molar-refractivity contribution in [1.29, 1.82) is 10.5 Å². The van der Waals surface area contributed by atoms with Crippen LogP contribution in [0.4, 0.5) is 5.69 Å². The van der Waals surface area contributed by atoms with E-state index in [-0.39, 0.29) is 11.8 Å². The van der Waals surface area contributed by atoms with Gasteiger partial charge < -0.3 is 5.32 Å². The number of benzene rings is 1. The minimum Gasteiger partial charge on any atom is -0.324 e. The van der Waals surface area contributed by atoms with Crippen LogP contribution in [0.25, 0.3) is 0 Å². The molecule has 0 spiro atoms. The van der Waals surface area contributed by atoms with Crippen LogP contribution in [0, 0.1) is 42.4 Å². The molecule has 2 rings (SSSR count). The molecule has 1 N–H and O–H groups in total. The minimum absolute atomic E-state index is 0.0137. The highest BCUT2D eigenvalue weighted by molar-refractivity contribution is 5.93. The second kappa shape index (κ2) is 9.91. The zero-order chi connectivity index (χ0) is 18.9. The second-order valence-electron chi connectivity index (χ2n) is 6.91. The molecule has 6 heteroatoms. The topological polar surface area (TPSA) is 83.2 Å². The summed E-state index contributed by atoms with van der Waals surface area (Å²) in [5.74, 6) is -0.0756. The Morgan fingerprint density at radius 2 is 1.77 bits per heavy atom. The van der Waals surface area contributed by atoms with Crippen LogP contribution < -0.4 is 5.32 Å². The van der Waals surface area contributed by atoms with E-state index in [9.17, 15) is 10.1 Å². The average Bonchev–Trinajstić information content (AvgIpc) is 2.63. The van der Waals surface area contributed by atoms with Gasteiger partial charge in [-0.3, -0.25) is 14.6 Å². The van der Waals surface area contributed by atoms with Crippen LogP contribution in [0.3, 0.4) is 0 Å². The molecule has 0 aromatic heterocycles. The van der Waals surface area contributed by atoms with Crippen molar-refractivity contribution >= 4 is 11.6 Å². The summed E-state index contributed by atoms with van der Waals surface area (Å²) in [5, 5.41) is 20.9. The smallest absolute Gasteiger partial charge is 0.238 e. The van der Waals surface area contributed by atoms with Crippen LogP contribution in [-0.2, 0) is 4.79 Å². The molecular weight excluding hydrogens is 326 g/mol. The van der Waals surface area contributed by atoms with E-state index < -0.39 is 0 Å². The van der Waals surface area contributed by atoms with Gasteiger partial charge in [0.15, 0.2) is 0 Å². The molecule has 1 aromatic carbocycles. The largest absolute Gasteiger partial charge is 0.324 e. The Morgan fingerprint density at radius 1 is 1.15 bits per heavy atom. The normalized spacial score (nSPS) is 16.5. The number of carbonyl (C=O) groups excluding carboxylic acids is 1. The van der Waals surface area contributed by atoms with E-state index in [1.54, 1.807) is 0 Å². The Bertz CT molecular complexity index is 675. The van der Waals surface area contributed by atoms with Gasteiger partial charge in [0, 0.05) is 44.8 Å². The first-order chi connectivity index (χ1) is 12.5. The van der Waals surface area contributed by atoms with E-state index in [2.05, 4.69) is 27.3 Å². The lowest BCUT2D eigenvalue weighted by atomic mass is 10.0. The van der Waals surface area contributed by atoms with Crippen LogP contribution in [0.1, 0.15) is 24.0 Å². The van der Waals surface area contributed by atoms with Crippen LogP contribution in [-0.4, -0.2) is 55.0 Å². The van der Waals surface area contributed by atoms with E-state index >= 15 is 0 Å². The maximum absolute atomic E-state index is 12.4. The first-order valence-corrected chi connectivity index (χ1v) is 9.10. The van der Waals surface area contributed by atoms with E-state index in [0.717, 1.165) is 43.0 Å². The zero-order valence-corrected chi connectivity index (χ0v) is 15.7. The predicted molar refractivity (Wildman–Crippen MR) is 101 cm³/mol. The van der Waals surface area contributed by atoms with Gasteiger partial charge in [-0.15, -0.1) is 0 Å². The molecule has 26 heavy (non-hydrogen) atoms. The number of hydrogen-bond acceptors (Lipinski definition) is 5. The van der Waals surface area contributed by atoms with Gasteiger partial charge in [-0.1, -0.05) is 18.2 Å². The number of carbonyl (C=O) groups is 1. The fourth-order valence-corrected chi connectivity index (χ4v) is 3.27. The fraction of sp³-hybridized carbons (Fsp3) is 0.550. The second-order valence-corrected chi connectivity index (χ2v) is 6.91. The summed E-state index contributed by atoms with van der Waals surface area (Å²) in [5.41, 5.74) is 3.05. The maximum Gasteiger partial charge on any atom is 0.238 e. The Labute approximate surface area is 156 Å². The number of piperazine rings is 1. The third-order valence-electron chi connectivity index (χ3n) is 4.84. The summed E-state index contributed by atoms with van der Waals surface area (Å²) < 4.78 is 0. The van der Waals surface area contributed by atoms with E-state index in [1.165, 1.54) is 0 Å². The molecule has 1 atom stereocenters. The molecule has 1 fully saturated rings. The first kappa shape index (κ1) is 19.9. The average molecular weight is 353 g/mol. The van der Waals surface area contributed by atoms with Gasteiger partial charge in [0.2, 0.25) is 5.91 Å². The van der Waals surface area contributed by atoms with Crippen molar-refractivity contribution in [3.8, 4) is 12.1 Å². The van der Waals surface area contributed by atoms with Gasteiger partial charge in [-0.25, -0.2) is 0 Å². The highest BCUT2D eigenvalue weighted by Gasteiger charge is 2.21. The van der Waals surface area contributed by atoms with Crippen LogP contribution in [0.2, 0.25) is 0 Å². The lowest BCUT2D eigenvalue weighted by Gasteiger charge is -2.35. The Hall–Kier alpha value is -2.41. The fourth-order valence-electron chi connectivity index (χ4n) is 3.27. The number of para-hydroxylation sites is 1. The monoisotopic (exact) mass is 353 g/mol. The van der Waals surface area contributed by atoms with Crippen molar-refractivity contribution in [2.75, 3.05) is 44.6 Å². The number of nitrogens with one attached hydrogen (secondary N) is 1. The Kier molecular flexibility index (Phi) is 7.59. The SMILES string of the molecule is Cc1cccc(C)c1NC(=O)CN1CCN(C[C@H](C#N)CCC#N)CC1. The molecule has 0 bridgehead atoms. The predicted octanol–water partition coefficient (Wildman–Crippen LogP) is 2.30. The van der Waals surface area contributed by atoms with Gasteiger partial charge >= 0.3 is 0 Å². The van der Waals surface area contributed by atoms with Crippen LogP contribution in [0.15, 0.2) is 18.2 Å². The molecule has 6 nitrogen and oxygen atoms in total. The minimum atomic E-state index is -0.0893. The lowest BCUT2D eigenvalue weighted by Crippen LogP contribution is -2.49. The highest BCUT2D eigenvalue weighted by atomic mass is 16.2. The van der Waals surface area contributed by atoms with E-state index in [1.807, 2.05) is 32.0 Å². The number of nitriles is 2. The van der Waals surface area contributed by atoms with Gasteiger partial charge in [0.1, 0.15) is 0 Å². The van der Waals surface area contributed by atoms with Gasteiger partial charge in [-0.2, -0.15) is 10.5 Å². The standard InChI is InChI=1S/C20H27N5O/c1-16-5-3-6-17(2)20(16)23-19(26)15-25-11-9-24(10-12-25)14-18(13-22)7-4-8-21/h3,5-6,18H,4,7,9-12,14-15H2,1-2H3,(H,23,26)/t18-/m0/s1. The quantitative estimate of drug-likeness (QED) is 0.813. The number of rotatable bonds is 7. The highest BCUT2D eigenvalue weighted by Crippen LogP contribution is 2.19. The van der Waals surface area contributed by atoms with Gasteiger partial charge in [0.25, 0.3) is 0 Å². The van der Waals surface area contributed by atoms with Crippen molar-refractivity contribution in [2.45, 2.75) is 26.7 Å². The van der Waals surface area contributed by atoms with Crippen molar-refractivity contribution in [3.05, 3.63) is 29.3 Å². The summed E-state index contributed by atoms with van der Waals surface area (Å²) in [6.07, 6.45) is 1.06. The van der Waals surface area contributed by atoms with Crippen LogP contribution in [0.5, 0.6) is 0 Å². The summed E-state index contributed by atoms with van der Waals surface area (Å²) >= 11 is 0. The molecule has 1 saturated heterocycles. The zero-order valence-electron chi connectivity index (χ0n) is 15.7. The van der Waals surface area contributed by atoms with Gasteiger partial charge in [-0.05, 0) is 31.4 Å². The lowest BCUT2D eigenvalue weighted by molar-refractivity contribution is -0.117. The summed E-state index contributed by atoms with van der Waals surface area (Å²) in [6.45, 7) is 8.42. The van der Waals surface area contributed by atoms with Crippen molar-refractivity contribution in [1.82, 2.24) is 9.80 Å². The first-order valence-electron chi connectivity index (χ1n) is 9.10. The maximum atomic E-state index is 12.4. The van der Waals surface area contributed by atoms with Gasteiger partial charge in [0.05, 0.1) is 24.6 Å². The van der Waals surface area contributed by atoms with E-state index in [0.29, 0.717) is 25.9 Å². The summed E-state index contributed by atoms with van der Waals surface area (Å²) in [4.78, 5) is 16.8. The Balaban J connectivity index is 1.77. The number of aryl methyl sites for hydroxylation is 2. The molecule has 0 saturated carbocycles. The summed E-state index contributed by atoms with van der Waals surface area (Å²) in [7, 11) is 0. The number of hydrogen-bond donors (Lipinski definition) is 1. The third-order valence-corrected chi connectivity index (χ3v) is 4.84. The molecule has 0 radical (unpaired) electrons.